The maximum absolute atomic E-state index is 11.6. The van der Waals surface area contributed by atoms with Crippen molar-refractivity contribution >= 4 is 11.5 Å². The first-order valence-corrected chi connectivity index (χ1v) is 5.03. The van der Waals surface area contributed by atoms with Crippen molar-refractivity contribution in [3.05, 3.63) is 29.8 Å². The lowest BCUT2D eigenvalue weighted by atomic mass is 10.1. The number of benzene rings is 1. The number of ether oxygens (including phenoxy) is 1. The monoisotopic (exact) mass is 207 g/mol. The molecule has 0 aliphatic carbocycles. The second kappa shape index (κ2) is 5.51. The van der Waals surface area contributed by atoms with Crippen LogP contribution in [0, 0.1) is 0 Å². The average molecular weight is 207 g/mol. The van der Waals surface area contributed by atoms with Crippen molar-refractivity contribution < 1.29 is 9.53 Å². The Bertz CT molecular complexity index is 334. The highest BCUT2D eigenvalue weighted by Crippen LogP contribution is 2.13. The number of rotatable bonds is 5. The zero-order chi connectivity index (χ0) is 11.3. The van der Waals surface area contributed by atoms with Gasteiger partial charge >= 0.3 is 0 Å². The Morgan fingerprint density at radius 1 is 1.40 bits per heavy atom. The summed E-state index contributed by atoms with van der Waals surface area (Å²) in [7, 11) is 3.90. The van der Waals surface area contributed by atoms with Gasteiger partial charge in [0.25, 0.3) is 0 Å². The van der Waals surface area contributed by atoms with Gasteiger partial charge in [-0.2, -0.15) is 0 Å². The Morgan fingerprint density at radius 3 is 2.73 bits per heavy atom. The van der Waals surface area contributed by atoms with Crippen LogP contribution in [0.2, 0.25) is 0 Å². The van der Waals surface area contributed by atoms with Gasteiger partial charge in [-0.25, -0.2) is 0 Å². The first-order chi connectivity index (χ1) is 7.15. The van der Waals surface area contributed by atoms with Crippen LogP contribution < -0.4 is 4.90 Å². The van der Waals surface area contributed by atoms with Crippen molar-refractivity contribution in [2.45, 2.75) is 6.92 Å². The van der Waals surface area contributed by atoms with Crippen LogP contribution in [0.5, 0.6) is 0 Å². The topological polar surface area (TPSA) is 29.5 Å². The highest BCUT2D eigenvalue weighted by molar-refractivity contribution is 5.97. The predicted molar refractivity (Wildman–Crippen MR) is 61.6 cm³/mol. The molecule has 0 saturated carbocycles. The molecule has 0 unspecified atom stereocenters. The van der Waals surface area contributed by atoms with Crippen molar-refractivity contribution in [2.24, 2.45) is 0 Å². The van der Waals surface area contributed by atoms with Gasteiger partial charge in [-0.3, -0.25) is 4.79 Å². The molecule has 0 aromatic heterocycles. The second-order valence-electron chi connectivity index (χ2n) is 3.51. The summed E-state index contributed by atoms with van der Waals surface area (Å²) in [5.74, 6) is 0.0283. The van der Waals surface area contributed by atoms with Gasteiger partial charge < -0.3 is 9.64 Å². The van der Waals surface area contributed by atoms with Crippen molar-refractivity contribution in [2.75, 3.05) is 32.2 Å². The summed E-state index contributed by atoms with van der Waals surface area (Å²) in [6.07, 6.45) is 0. The quantitative estimate of drug-likeness (QED) is 0.691. The number of hydrogen-bond donors (Lipinski definition) is 0. The van der Waals surface area contributed by atoms with E-state index in [4.69, 9.17) is 4.74 Å². The molecule has 0 fully saturated rings. The van der Waals surface area contributed by atoms with Crippen molar-refractivity contribution in [1.29, 1.82) is 0 Å². The number of anilines is 1. The maximum Gasteiger partial charge on any atom is 0.188 e. The third-order valence-corrected chi connectivity index (χ3v) is 2.12. The molecular weight excluding hydrogens is 190 g/mol. The predicted octanol–water partition coefficient (Wildman–Crippen LogP) is 1.97. The Hall–Kier alpha value is -1.35. The SMILES string of the molecule is CCOCC(=O)c1cccc(N(C)C)c1. The van der Waals surface area contributed by atoms with Crippen LogP contribution in [0.3, 0.4) is 0 Å². The van der Waals surface area contributed by atoms with E-state index in [-0.39, 0.29) is 12.4 Å². The molecule has 0 aliphatic heterocycles. The minimum Gasteiger partial charge on any atom is -0.378 e. The van der Waals surface area contributed by atoms with E-state index in [1.165, 1.54) is 0 Å². The summed E-state index contributed by atoms with van der Waals surface area (Å²) in [4.78, 5) is 13.6. The summed E-state index contributed by atoms with van der Waals surface area (Å²) >= 11 is 0. The van der Waals surface area contributed by atoms with E-state index < -0.39 is 0 Å². The lowest BCUT2D eigenvalue weighted by Gasteiger charge is -2.13. The summed E-state index contributed by atoms with van der Waals surface area (Å²) in [6.45, 7) is 2.61. The molecule has 3 nitrogen and oxygen atoms in total. The number of carbonyl (C=O) groups excluding carboxylic acids is 1. The molecular formula is C12H17NO2. The Labute approximate surface area is 90.7 Å². The molecule has 1 rings (SSSR count). The highest BCUT2D eigenvalue weighted by Gasteiger charge is 2.06. The summed E-state index contributed by atoms with van der Waals surface area (Å²) in [6, 6.07) is 7.54. The van der Waals surface area contributed by atoms with Gasteiger partial charge in [0, 0.05) is 32.0 Å². The minimum absolute atomic E-state index is 0.0283. The molecule has 0 bridgehead atoms. The standard InChI is InChI=1S/C12H17NO2/c1-4-15-9-12(14)10-6-5-7-11(8-10)13(2)3/h5-8H,4,9H2,1-3H3. The molecule has 0 radical (unpaired) electrons. The molecule has 0 heterocycles. The Kier molecular flexibility index (Phi) is 4.31. The fourth-order valence-corrected chi connectivity index (χ4v) is 1.24. The summed E-state index contributed by atoms with van der Waals surface area (Å²) in [5, 5.41) is 0. The lowest BCUT2D eigenvalue weighted by Crippen LogP contribution is -2.12. The molecule has 0 atom stereocenters. The van der Waals surface area contributed by atoms with Crippen LogP contribution in [0.1, 0.15) is 17.3 Å². The van der Waals surface area contributed by atoms with E-state index in [1.54, 1.807) is 0 Å². The van der Waals surface area contributed by atoms with E-state index in [2.05, 4.69) is 0 Å². The van der Waals surface area contributed by atoms with Gasteiger partial charge in [-0.1, -0.05) is 12.1 Å². The summed E-state index contributed by atoms with van der Waals surface area (Å²) in [5.41, 5.74) is 1.73. The van der Waals surface area contributed by atoms with E-state index in [9.17, 15) is 4.79 Å². The molecule has 0 aliphatic rings. The van der Waals surface area contributed by atoms with Crippen LogP contribution in [0.15, 0.2) is 24.3 Å². The van der Waals surface area contributed by atoms with Gasteiger partial charge in [0.15, 0.2) is 5.78 Å². The third-order valence-electron chi connectivity index (χ3n) is 2.12. The number of ketones is 1. The van der Waals surface area contributed by atoms with Crippen LogP contribution in [0.25, 0.3) is 0 Å². The minimum atomic E-state index is 0.0283. The normalized spacial score (nSPS) is 10.1. The summed E-state index contributed by atoms with van der Waals surface area (Å²) < 4.78 is 5.09. The average Bonchev–Trinajstić information content (AvgIpc) is 2.26. The van der Waals surface area contributed by atoms with Gasteiger partial charge in [0.2, 0.25) is 0 Å². The fourth-order valence-electron chi connectivity index (χ4n) is 1.24. The second-order valence-corrected chi connectivity index (χ2v) is 3.51. The number of hydrogen-bond acceptors (Lipinski definition) is 3. The zero-order valence-electron chi connectivity index (χ0n) is 9.49. The molecule has 15 heavy (non-hydrogen) atoms. The first kappa shape index (κ1) is 11.7. The molecule has 0 amide bonds. The molecule has 0 spiro atoms. The van der Waals surface area contributed by atoms with Crippen LogP contribution in [-0.4, -0.2) is 33.1 Å². The maximum atomic E-state index is 11.6. The van der Waals surface area contributed by atoms with Crippen LogP contribution >= 0.6 is 0 Å². The molecule has 1 aromatic carbocycles. The Balaban J connectivity index is 2.76. The van der Waals surface area contributed by atoms with Crippen LogP contribution in [-0.2, 0) is 4.74 Å². The van der Waals surface area contributed by atoms with Gasteiger partial charge in [0.1, 0.15) is 6.61 Å². The molecule has 0 N–H and O–H groups in total. The van der Waals surface area contributed by atoms with Crippen molar-refractivity contribution in [3.8, 4) is 0 Å². The third kappa shape index (κ3) is 3.36. The van der Waals surface area contributed by atoms with E-state index in [0.717, 1.165) is 5.69 Å². The van der Waals surface area contributed by atoms with Crippen molar-refractivity contribution in [3.63, 3.8) is 0 Å². The van der Waals surface area contributed by atoms with E-state index in [1.807, 2.05) is 50.2 Å². The fraction of sp³-hybridized carbons (Fsp3) is 0.417. The van der Waals surface area contributed by atoms with Gasteiger partial charge in [-0.15, -0.1) is 0 Å². The van der Waals surface area contributed by atoms with Gasteiger partial charge in [0.05, 0.1) is 0 Å². The zero-order valence-corrected chi connectivity index (χ0v) is 9.49. The molecule has 3 heteroatoms. The Morgan fingerprint density at radius 2 is 2.13 bits per heavy atom. The van der Waals surface area contributed by atoms with E-state index in [0.29, 0.717) is 12.2 Å². The highest BCUT2D eigenvalue weighted by atomic mass is 16.5. The molecule has 0 saturated heterocycles. The van der Waals surface area contributed by atoms with Gasteiger partial charge in [-0.05, 0) is 19.1 Å². The van der Waals surface area contributed by atoms with Crippen molar-refractivity contribution in [1.82, 2.24) is 0 Å². The lowest BCUT2D eigenvalue weighted by molar-refractivity contribution is 0.0783. The number of Topliss-reactive ketones (excluding diaryl/α,β-unsaturated/α-hetero) is 1. The number of nitrogens with zero attached hydrogens (tertiary/aromatic N) is 1. The first-order valence-electron chi connectivity index (χ1n) is 5.03. The molecule has 1 aromatic rings. The van der Waals surface area contributed by atoms with E-state index >= 15 is 0 Å². The van der Waals surface area contributed by atoms with Crippen LogP contribution in [0.4, 0.5) is 5.69 Å². The number of carbonyl (C=O) groups is 1. The largest absolute Gasteiger partial charge is 0.378 e. The molecule has 82 valence electrons. The smallest absolute Gasteiger partial charge is 0.188 e.